The second-order valence-electron chi connectivity index (χ2n) is 6.86. The number of rotatable bonds is 8. The molecule has 1 unspecified atom stereocenters. The van der Waals surface area contributed by atoms with Gasteiger partial charge in [0.25, 0.3) is 5.69 Å². The summed E-state index contributed by atoms with van der Waals surface area (Å²) in [6.07, 6.45) is 1.59. The maximum atomic E-state index is 12.8. The van der Waals surface area contributed by atoms with Gasteiger partial charge in [0.2, 0.25) is 5.91 Å². The number of nitrogens with one attached hydrogen (secondary N) is 1. The monoisotopic (exact) mass is 449 g/mol. The summed E-state index contributed by atoms with van der Waals surface area (Å²) in [6.45, 7) is 2.11. The van der Waals surface area contributed by atoms with Crippen molar-refractivity contribution < 1.29 is 14.1 Å². The standard InChI is InChI=1S/C22H19N5O4S/c1-15(21(28)23-18-11-5-6-12-19(18)27(29)30)32-22-25-24-20(16-8-3-2-4-9-16)26(22)14-17-10-7-13-31-17/h2-13,15H,14H2,1H3,(H,23,28). The van der Waals surface area contributed by atoms with Gasteiger partial charge in [-0.1, -0.05) is 54.2 Å². The number of carbonyl (C=O) groups is 1. The van der Waals surface area contributed by atoms with Crippen molar-refractivity contribution in [3.8, 4) is 11.4 Å². The van der Waals surface area contributed by atoms with Gasteiger partial charge in [-0.25, -0.2) is 0 Å². The number of thioether (sulfide) groups is 1. The van der Waals surface area contributed by atoms with Crippen LogP contribution in [0, 0.1) is 10.1 Å². The summed E-state index contributed by atoms with van der Waals surface area (Å²) in [5.41, 5.74) is 0.873. The van der Waals surface area contributed by atoms with E-state index < -0.39 is 10.2 Å². The molecular formula is C22H19N5O4S. The average molecular weight is 449 g/mol. The number of carbonyl (C=O) groups excluding carboxylic acids is 1. The van der Waals surface area contributed by atoms with Crippen LogP contribution in [0.5, 0.6) is 0 Å². The van der Waals surface area contributed by atoms with Crippen molar-refractivity contribution in [1.29, 1.82) is 0 Å². The van der Waals surface area contributed by atoms with E-state index in [0.29, 0.717) is 17.5 Å². The Morgan fingerprint density at radius 2 is 1.88 bits per heavy atom. The fourth-order valence-electron chi connectivity index (χ4n) is 3.06. The molecule has 10 heteroatoms. The molecular weight excluding hydrogens is 430 g/mol. The molecule has 4 rings (SSSR count). The highest BCUT2D eigenvalue weighted by Crippen LogP contribution is 2.29. The van der Waals surface area contributed by atoms with Crippen molar-refractivity contribution in [1.82, 2.24) is 14.8 Å². The zero-order valence-corrected chi connectivity index (χ0v) is 17.9. The molecule has 0 fully saturated rings. The first-order chi connectivity index (χ1) is 15.5. The second kappa shape index (κ2) is 9.48. The molecule has 2 heterocycles. The molecule has 4 aromatic rings. The highest BCUT2D eigenvalue weighted by atomic mass is 32.2. The third kappa shape index (κ3) is 4.70. The van der Waals surface area contributed by atoms with Gasteiger partial charge in [-0.3, -0.25) is 19.5 Å². The first-order valence-corrected chi connectivity index (χ1v) is 10.6. The molecule has 0 aliphatic heterocycles. The smallest absolute Gasteiger partial charge is 0.292 e. The zero-order valence-electron chi connectivity index (χ0n) is 17.0. The second-order valence-corrected chi connectivity index (χ2v) is 8.17. The fraction of sp³-hybridized carbons (Fsp3) is 0.136. The Hall–Kier alpha value is -3.92. The lowest BCUT2D eigenvalue weighted by Gasteiger charge is -2.13. The number of furan rings is 1. The Morgan fingerprint density at radius 1 is 1.12 bits per heavy atom. The van der Waals surface area contributed by atoms with Gasteiger partial charge in [0, 0.05) is 11.6 Å². The van der Waals surface area contributed by atoms with Crippen LogP contribution >= 0.6 is 11.8 Å². The number of nitrogens with zero attached hydrogens (tertiary/aromatic N) is 4. The van der Waals surface area contributed by atoms with Gasteiger partial charge in [0.1, 0.15) is 11.4 Å². The van der Waals surface area contributed by atoms with Gasteiger partial charge in [-0.2, -0.15) is 0 Å². The van der Waals surface area contributed by atoms with Gasteiger partial charge in [0.15, 0.2) is 11.0 Å². The van der Waals surface area contributed by atoms with E-state index in [0.717, 1.165) is 11.3 Å². The molecule has 1 N–H and O–H groups in total. The zero-order chi connectivity index (χ0) is 22.5. The summed E-state index contributed by atoms with van der Waals surface area (Å²) >= 11 is 1.21. The number of nitro groups is 1. The first kappa shape index (κ1) is 21.3. The van der Waals surface area contributed by atoms with Crippen LogP contribution < -0.4 is 5.32 Å². The van der Waals surface area contributed by atoms with Crippen molar-refractivity contribution in [2.45, 2.75) is 23.9 Å². The number of anilines is 1. The number of nitro benzene ring substituents is 1. The summed E-state index contributed by atoms with van der Waals surface area (Å²) in [7, 11) is 0. The SMILES string of the molecule is CC(Sc1nnc(-c2ccccc2)n1Cc1ccco1)C(=O)Nc1ccccc1[N+](=O)[O-]. The average Bonchev–Trinajstić information content (AvgIpc) is 3.45. The lowest BCUT2D eigenvalue weighted by molar-refractivity contribution is -0.383. The van der Waals surface area contributed by atoms with Crippen LogP contribution in [-0.4, -0.2) is 30.8 Å². The molecule has 0 saturated carbocycles. The minimum Gasteiger partial charge on any atom is -0.467 e. The Bertz CT molecular complexity index is 1220. The van der Waals surface area contributed by atoms with E-state index >= 15 is 0 Å². The van der Waals surface area contributed by atoms with Gasteiger partial charge < -0.3 is 9.73 Å². The third-order valence-electron chi connectivity index (χ3n) is 4.65. The van der Waals surface area contributed by atoms with Crippen LogP contribution in [0.4, 0.5) is 11.4 Å². The maximum absolute atomic E-state index is 12.8. The van der Waals surface area contributed by atoms with Crippen molar-refractivity contribution in [2.75, 3.05) is 5.32 Å². The van der Waals surface area contributed by atoms with Crippen molar-refractivity contribution in [3.63, 3.8) is 0 Å². The Morgan fingerprint density at radius 3 is 2.59 bits per heavy atom. The maximum Gasteiger partial charge on any atom is 0.292 e. The lowest BCUT2D eigenvalue weighted by atomic mass is 10.2. The number of para-hydroxylation sites is 2. The van der Waals surface area contributed by atoms with Crippen LogP contribution in [0.15, 0.2) is 82.6 Å². The molecule has 2 aromatic carbocycles. The van der Waals surface area contributed by atoms with Crippen LogP contribution in [0.25, 0.3) is 11.4 Å². The molecule has 162 valence electrons. The van der Waals surface area contributed by atoms with Crippen molar-refractivity contribution in [2.24, 2.45) is 0 Å². The third-order valence-corrected chi connectivity index (χ3v) is 5.73. The first-order valence-electron chi connectivity index (χ1n) is 9.75. The number of benzene rings is 2. The van der Waals surface area contributed by atoms with E-state index in [9.17, 15) is 14.9 Å². The van der Waals surface area contributed by atoms with Gasteiger partial charge in [0.05, 0.1) is 23.0 Å². The van der Waals surface area contributed by atoms with E-state index in [1.807, 2.05) is 41.0 Å². The Kier molecular flexibility index (Phi) is 6.31. The number of aromatic nitrogens is 3. The Balaban J connectivity index is 1.57. The molecule has 1 atom stereocenters. The molecule has 0 spiro atoms. The highest BCUT2D eigenvalue weighted by molar-refractivity contribution is 8.00. The molecule has 9 nitrogen and oxygen atoms in total. The molecule has 0 aliphatic rings. The van der Waals surface area contributed by atoms with Crippen molar-refractivity contribution >= 4 is 29.0 Å². The molecule has 1 amide bonds. The highest BCUT2D eigenvalue weighted by Gasteiger charge is 2.23. The topological polar surface area (TPSA) is 116 Å². The normalized spacial score (nSPS) is 11.8. The molecule has 0 aliphatic carbocycles. The van der Waals surface area contributed by atoms with E-state index in [2.05, 4.69) is 15.5 Å². The van der Waals surface area contributed by atoms with E-state index in [4.69, 9.17) is 4.42 Å². The quantitative estimate of drug-likeness (QED) is 0.237. The van der Waals surface area contributed by atoms with Crippen LogP contribution in [-0.2, 0) is 11.3 Å². The van der Waals surface area contributed by atoms with Crippen LogP contribution in [0.3, 0.4) is 0 Å². The minimum absolute atomic E-state index is 0.150. The van der Waals surface area contributed by atoms with Crippen LogP contribution in [0.1, 0.15) is 12.7 Å². The largest absolute Gasteiger partial charge is 0.467 e. The molecule has 32 heavy (non-hydrogen) atoms. The molecule has 2 aromatic heterocycles. The fourth-order valence-corrected chi connectivity index (χ4v) is 3.91. The molecule has 0 saturated heterocycles. The number of amides is 1. The van der Waals surface area contributed by atoms with Gasteiger partial charge in [-0.15, -0.1) is 10.2 Å². The van der Waals surface area contributed by atoms with E-state index in [1.54, 1.807) is 31.4 Å². The van der Waals surface area contributed by atoms with Crippen LogP contribution in [0.2, 0.25) is 0 Å². The summed E-state index contributed by atoms with van der Waals surface area (Å²) < 4.78 is 7.37. The molecule has 0 bridgehead atoms. The summed E-state index contributed by atoms with van der Waals surface area (Å²) in [6, 6.07) is 19.3. The predicted molar refractivity (Wildman–Crippen MR) is 120 cm³/mol. The number of hydrogen-bond donors (Lipinski definition) is 1. The minimum atomic E-state index is -0.585. The summed E-state index contributed by atoms with van der Waals surface area (Å²) in [5, 5.41) is 22.4. The number of hydrogen-bond acceptors (Lipinski definition) is 7. The van der Waals surface area contributed by atoms with Gasteiger partial charge >= 0.3 is 0 Å². The van der Waals surface area contributed by atoms with Crippen molar-refractivity contribution in [3.05, 3.63) is 88.9 Å². The summed E-state index contributed by atoms with van der Waals surface area (Å²) in [4.78, 5) is 23.5. The van der Waals surface area contributed by atoms with E-state index in [-0.39, 0.29) is 17.3 Å². The van der Waals surface area contributed by atoms with E-state index in [1.165, 1.54) is 23.9 Å². The molecule has 0 radical (unpaired) electrons. The summed E-state index contributed by atoms with van der Waals surface area (Å²) in [5.74, 6) is 0.995. The van der Waals surface area contributed by atoms with Gasteiger partial charge in [-0.05, 0) is 25.1 Å². The lowest BCUT2D eigenvalue weighted by Crippen LogP contribution is -2.23. The predicted octanol–water partition coefficient (Wildman–Crippen LogP) is 4.61. The Labute approximate surface area is 187 Å².